The predicted octanol–water partition coefficient (Wildman–Crippen LogP) is 2.56. The first kappa shape index (κ1) is 13.6. The van der Waals surface area contributed by atoms with Gasteiger partial charge in [0.15, 0.2) is 0 Å². The fourth-order valence-electron chi connectivity index (χ4n) is 2.09. The van der Waals surface area contributed by atoms with Gasteiger partial charge in [-0.25, -0.2) is 0 Å². The van der Waals surface area contributed by atoms with Crippen LogP contribution in [0.2, 0.25) is 0 Å². The van der Waals surface area contributed by atoms with Gasteiger partial charge < -0.3 is 9.64 Å². The molecule has 7 heteroatoms. The Morgan fingerprint density at radius 3 is 2.57 bits per heavy atom. The number of nitro groups is 1. The van der Waals surface area contributed by atoms with Crippen LogP contribution in [0.5, 0.6) is 5.75 Å². The Labute approximate surface area is 124 Å². The van der Waals surface area contributed by atoms with Crippen LogP contribution >= 0.6 is 11.3 Å². The van der Waals surface area contributed by atoms with Crippen LogP contribution in [0.4, 0.5) is 5.69 Å². The topological polar surface area (TPSA) is 72.7 Å². The van der Waals surface area contributed by atoms with E-state index in [2.05, 4.69) is 0 Å². The summed E-state index contributed by atoms with van der Waals surface area (Å²) in [5, 5.41) is 14.3. The highest BCUT2D eigenvalue weighted by atomic mass is 32.1. The molecule has 1 aromatic carbocycles. The van der Waals surface area contributed by atoms with E-state index in [1.165, 1.54) is 23.5 Å². The molecule has 1 amide bonds. The number of amides is 1. The second-order valence-electron chi connectivity index (χ2n) is 4.71. The first-order chi connectivity index (χ1) is 10.1. The average Bonchev–Trinajstić information content (AvgIpc) is 2.96. The van der Waals surface area contributed by atoms with Crippen LogP contribution in [0.15, 0.2) is 41.1 Å². The molecular formula is C14H12N2O4S. The molecule has 1 aliphatic rings. The summed E-state index contributed by atoms with van der Waals surface area (Å²) in [5.41, 5.74) is 0.735. The summed E-state index contributed by atoms with van der Waals surface area (Å²) in [6.07, 6.45) is -0.0611. The van der Waals surface area contributed by atoms with Crippen LogP contribution in [0.25, 0.3) is 0 Å². The van der Waals surface area contributed by atoms with E-state index < -0.39 is 4.92 Å². The first-order valence-corrected chi connectivity index (χ1v) is 7.30. The van der Waals surface area contributed by atoms with Gasteiger partial charge in [0.05, 0.1) is 23.6 Å². The molecule has 1 aliphatic heterocycles. The number of nitro benzene ring substituents is 1. The lowest BCUT2D eigenvalue weighted by Gasteiger charge is -2.38. The van der Waals surface area contributed by atoms with Gasteiger partial charge in [-0.1, -0.05) is 0 Å². The number of hydrogen-bond donors (Lipinski definition) is 0. The third kappa shape index (κ3) is 2.87. The van der Waals surface area contributed by atoms with Crippen molar-refractivity contribution in [3.8, 4) is 5.75 Å². The van der Waals surface area contributed by atoms with Crippen molar-refractivity contribution < 1.29 is 14.5 Å². The Balaban J connectivity index is 1.53. The van der Waals surface area contributed by atoms with E-state index in [0.29, 0.717) is 24.4 Å². The smallest absolute Gasteiger partial charge is 0.269 e. The summed E-state index contributed by atoms with van der Waals surface area (Å²) in [7, 11) is 0. The van der Waals surface area contributed by atoms with Crippen molar-refractivity contribution in [2.24, 2.45) is 0 Å². The number of non-ortho nitro benzene ring substituents is 1. The van der Waals surface area contributed by atoms with Gasteiger partial charge >= 0.3 is 0 Å². The zero-order chi connectivity index (χ0) is 14.8. The maximum absolute atomic E-state index is 12.0. The van der Waals surface area contributed by atoms with E-state index in [1.54, 1.807) is 23.1 Å². The summed E-state index contributed by atoms with van der Waals surface area (Å²) < 4.78 is 5.67. The van der Waals surface area contributed by atoms with Gasteiger partial charge in [0.2, 0.25) is 0 Å². The van der Waals surface area contributed by atoms with Crippen molar-refractivity contribution in [2.75, 3.05) is 13.1 Å². The minimum atomic E-state index is -0.450. The largest absolute Gasteiger partial charge is 0.487 e. The van der Waals surface area contributed by atoms with Crippen molar-refractivity contribution in [3.63, 3.8) is 0 Å². The van der Waals surface area contributed by atoms with Gasteiger partial charge in [-0.2, -0.15) is 11.3 Å². The standard InChI is InChI=1S/C14H12N2O4S/c17-14(10-5-6-21-9-10)15-7-13(8-15)20-12-3-1-11(2-4-12)16(18)19/h1-6,9,13H,7-8H2. The molecule has 108 valence electrons. The monoisotopic (exact) mass is 304 g/mol. The van der Waals surface area contributed by atoms with E-state index in [0.717, 1.165) is 0 Å². The summed E-state index contributed by atoms with van der Waals surface area (Å²) in [6, 6.07) is 7.76. The molecule has 0 spiro atoms. The average molecular weight is 304 g/mol. The molecule has 0 atom stereocenters. The minimum Gasteiger partial charge on any atom is -0.487 e. The van der Waals surface area contributed by atoms with Crippen LogP contribution in [-0.2, 0) is 0 Å². The normalized spacial score (nSPS) is 14.6. The highest BCUT2D eigenvalue weighted by Gasteiger charge is 2.32. The second kappa shape index (κ2) is 5.53. The van der Waals surface area contributed by atoms with Crippen LogP contribution in [-0.4, -0.2) is 34.9 Å². The maximum atomic E-state index is 12.0. The van der Waals surface area contributed by atoms with Gasteiger partial charge in [0.25, 0.3) is 11.6 Å². The zero-order valence-corrected chi connectivity index (χ0v) is 11.8. The Hall–Kier alpha value is -2.41. The Bertz CT molecular complexity index is 648. The van der Waals surface area contributed by atoms with Crippen molar-refractivity contribution in [2.45, 2.75) is 6.10 Å². The lowest BCUT2D eigenvalue weighted by atomic mass is 10.1. The number of likely N-dealkylation sites (tertiary alicyclic amines) is 1. The fraction of sp³-hybridized carbons (Fsp3) is 0.214. The number of ether oxygens (including phenoxy) is 1. The molecule has 6 nitrogen and oxygen atoms in total. The van der Waals surface area contributed by atoms with Gasteiger partial charge in [-0.3, -0.25) is 14.9 Å². The number of carbonyl (C=O) groups is 1. The lowest BCUT2D eigenvalue weighted by Crippen LogP contribution is -2.56. The third-order valence-corrected chi connectivity index (χ3v) is 3.94. The van der Waals surface area contributed by atoms with Crippen LogP contribution < -0.4 is 4.74 Å². The minimum absolute atomic E-state index is 0.0137. The molecular weight excluding hydrogens is 292 g/mol. The maximum Gasteiger partial charge on any atom is 0.269 e. The molecule has 1 aromatic heterocycles. The molecule has 0 saturated carbocycles. The Kier molecular flexibility index (Phi) is 3.57. The van der Waals surface area contributed by atoms with E-state index in [9.17, 15) is 14.9 Å². The molecule has 0 aliphatic carbocycles. The number of hydrogen-bond acceptors (Lipinski definition) is 5. The molecule has 2 aromatic rings. The molecule has 2 heterocycles. The molecule has 21 heavy (non-hydrogen) atoms. The van der Waals surface area contributed by atoms with Crippen LogP contribution in [0.3, 0.4) is 0 Å². The predicted molar refractivity (Wildman–Crippen MR) is 77.7 cm³/mol. The van der Waals surface area contributed by atoms with Crippen molar-refractivity contribution >= 4 is 22.9 Å². The molecule has 0 unspecified atom stereocenters. The molecule has 3 rings (SSSR count). The zero-order valence-electron chi connectivity index (χ0n) is 11.0. The number of rotatable bonds is 4. The summed E-state index contributed by atoms with van der Waals surface area (Å²) in [4.78, 5) is 23.8. The number of thiophene rings is 1. The highest BCUT2D eigenvalue weighted by Crippen LogP contribution is 2.22. The second-order valence-corrected chi connectivity index (χ2v) is 5.49. The molecule has 0 N–H and O–H groups in total. The molecule has 1 fully saturated rings. The van der Waals surface area contributed by atoms with Crippen LogP contribution in [0, 0.1) is 10.1 Å². The summed E-state index contributed by atoms with van der Waals surface area (Å²) in [5.74, 6) is 0.591. The number of nitrogens with zero attached hydrogens (tertiary/aromatic N) is 2. The number of carbonyl (C=O) groups excluding carboxylic acids is 1. The third-order valence-electron chi connectivity index (χ3n) is 3.25. The van der Waals surface area contributed by atoms with Crippen molar-refractivity contribution in [1.29, 1.82) is 0 Å². The fourth-order valence-corrected chi connectivity index (χ4v) is 2.72. The quantitative estimate of drug-likeness (QED) is 0.643. The van der Waals surface area contributed by atoms with Gasteiger partial charge in [-0.05, 0) is 23.6 Å². The lowest BCUT2D eigenvalue weighted by molar-refractivity contribution is -0.384. The van der Waals surface area contributed by atoms with E-state index in [1.807, 2.05) is 10.8 Å². The summed E-state index contributed by atoms with van der Waals surface area (Å²) in [6.45, 7) is 1.07. The van der Waals surface area contributed by atoms with E-state index in [4.69, 9.17) is 4.74 Å². The van der Waals surface area contributed by atoms with Gasteiger partial charge in [0.1, 0.15) is 11.9 Å². The van der Waals surface area contributed by atoms with Crippen LogP contribution in [0.1, 0.15) is 10.4 Å². The van der Waals surface area contributed by atoms with Gasteiger partial charge in [-0.15, -0.1) is 0 Å². The number of benzene rings is 1. The highest BCUT2D eigenvalue weighted by molar-refractivity contribution is 7.08. The van der Waals surface area contributed by atoms with E-state index >= 15 is 0 Å². The van der Waals surface area contributed by atoms with Crippen molar-refractivity contribution in [3.05, 3.63) is 56.8 Å². The molecule has 0 radical (unpaired) electrons. The Morgan fingerprint density at radius 1 is 1.29 bits per heavy atom. The SMILES string of the molecule is O=C(c1ccsc1)N1CC(Oc2ccc([N+](=O)[O-])cc2)C1. The molecule has 1 saturated heterocycles. The Morgan fingerprint density at radius 2 is 2.00 bits per heavy atom. The molecule has 0 bridgehead atoms. The first-order valence-electron chi connectivity index (χ1n) is 6.36. The summed E-state index contributed by atoms with van der Waals surface area (Å²) >= 11 is 1.49. The van der Waals surface area contributed by atoms with Crippen molar-refractivity contribution in [1.82, 2.24) is 4.90 Å². The van der Waals surface area contributed by atoms with E-state index in [-0.39, 0.29) is 17.7 Å². The van der Waals surface area contributed by atoms with Gasteiger partial charge in [0, 0.05) is 17.5 Å².